The van der Waals surface area contributed by atoms with Gasteiger partial charge in [-0.3, -0.25) is 4.79 Å². The van der Waals surface area contributed by atoms with E-state index in [1.165, 1.54) is 0 Å². The van der Waals surface area contributed by atoms with Crippen molar-refractivity contribution in [3.05, 3.63) is 0 Å². The number of hydrogen-bond donors (Lipinski definition) is 0. The quantitative estimate of drug-likeness (QED) is 0.748. The van der Waals surface area contributed by atoms with E-state index >= 15 is 0 Å². The van der Waals surface area contributed by atoms with E-state index in [0.717, 1.165) is 25.8 Å². The van der Waals surface area contributed by atoms with E-state index in [2.05, 4.69) is 25.7 Å². The van der Waals surface area contributed by atoms with Gasteiger partial charge in [0.25, 0.3) is 0 Å². The van der Waals surface area contributed by atoms with Crippen LogP contribution in [0.4, 0.5) is 0 Å². The molecule has 16 heavy (non-hydrogen) atoms. The average Bonchev–Trinajstić information content (AvgIpc) is 2.06. The van der Waals surface area contributed by atoms with Gasteiger partial charge < -0.3 is 4.90 Å². The van der Waals surface area contributed by atoms with Crippen LogP contribution in [0.2, 0.25) is 0 Å². The van der Waals surface area contributed by atoms with E-state index in [4.69, 9.17) is 0 Å². The van der Waals surface area contributed by atoms with Crippen molar-refractivity contribution in [2.45, 2.75) is 40.0 Å². The lowest BCUT2D eigenvalue weighted by molar-refractivity contribution is -0.127. The highest BCUT2D eigenvalue weighted by atomic mass is 35.5. The van der Waals surface area contributed by atoms with Gasteiger partial charge in [-0.25, -0.2) is 0 Å². The fraction of sp³-hybridized carbons (Fsp3) is 0.923. The maximum atomic E-state index is 11.8. The first-order valence-corrected chi connectivity index (χ1v) is 5.98. The largest absolute Gasteiger partial charge is 0.309 e. The summed E-state index contributed by atoms with van der Waals surface area (Å²) in [6, 6.07) is 0. The molecule has 0 radical (unpaired) electrons. The van der Waals surface area contributed by atoms with E-state index < -0.39 is 0 Å². The predicted molar refractivity (Wildman–Crippen MR) is 71.1 cm³/mol. The van der Waals surface area contributed by atoms with Crippen LogP contribution in [-0.4, -0.2) is 31.3 Å². The van der Waals surface area contributed by atoms with E-state index in [1.807, 2.05) is 14.1 Å². The van der Waals surface area contributed by atoms with Gasteiger partial charge >= 0.3 is 0 Å². The Hall–Kier alpha value is -0.0800. The highest BCUT2D eigenvalue weighted by Gasteiger charge is 2.34. The van der Waals surface area contributed by atoms with Crippen LogP contribution in [0.5, 0.6) is 0 Å². The summed E-state index contributed by atoms with van der Waals surface area (Å²) in [5, 5.41) is 0. The summed E-state index contributed by atoms with van der Waals surface area (Å²) in [5.41, 5.74) is 0.352. The Bertz CT molecular complexity index is 233. The van der Waals surface area contributed by atoms with Gasteiger partial charge in [-0.1, -0.05) is 20.8 Å². The van der Waals surface area contributed by atoms with Crippen LogP contribution in [0.3, 0.4) is 0 Å². The Morgan fingerprint density at radius 3 is 2.31 bits per heavy atom. The Morgan fingerprint density at radius 2 is 1.88 bits per heavy atom. The average molecular weight is 248 g/mol. The lowest BCUT2D eigenvalue weighted by Crippen LogP contribution is -2.37. The van der Waals surface area contributed by atoms with Crippen molar-refractivity contribution in [1.29, 1.82) is 0 Å². The summed E-state index contributed by atoms with van der Waals surface area (Å²) in [4.78, 5) is 13.9. The van der Waals surface area contributed by atoms with Crippen LogP contribution >= 0.6 is 12.4 Å². The molecule has 96 valence electrons. The van der Waals surface area contributed by atoms with Gasteiger partial charge in [-0.05, 0) is 38.3 Å². The van der Waals surface area contributed by atoms with E-state index in [1.54, 1.807) is 0 Å². The van der Waals surface area contributed by atoms with Crippen molar-refractivity contribution >= 4 is 18.2 Å². The fourth-order valence-corrected chi connectivity index (χ4v) is 2.52. The van der Waals surface area contributed by atoms with Crippen LogP contribution in [-0.2, 0) is 4.79 Å². The lowest BCUT2D eigenvalue weighted by atomic mass is 9.68. The summed E-state index contributed by atoms with van der Waals surface area (Å²) in [7, 11) is 4.10. The zero-order chi connectivity index (χ0) is 11.6. The third-order valence-corrected chi connectivity index (χ3v) is 3.57. The molecule has 0 amide bonds. The van der Waals surface area contributed by atoms with Crippen LogP contribution < -0.4 is 0 Å². The molecule has 1 aliphatic rings. The molecule has 2 atom stereocenters. The Morgan fingerprint density at radius 1 is 1.31 bits per heavy atom. The summed E-state index contributed by atoms with van der Waals surface area (Å²) >= 11 is 0. The van der Waals surface area contributed by atoms with Gasteiger partial charge in [0, 0.05) is 18.9 Å². The third kappa shape index (κ3) is 4.42. The van der Waals surface area contributed by atoms with Crippen LogP contribution in [0, 0.1) is 17.3 Å². The molecule has 3 heteroatoms. The zero-order valence-corrected chi connectivity index (χ0v) is 12.1. The molecule has 0 aromatic rings. The minimum atomic E-state index is 0. The monoisotopic (exact) mass is 247 g/mol. The molecule has 0 aromatic heterocycles. The summed E-state index contributed by atoms with van der Waals surface area (Å²) in [5.74, 6) is 1.46. The second-order valence-corrected chi connectivity index (χ2v) is 6.26. The van der Waals surface area contributed by atoms with Gasteiger partial charge in [-0.15, -0.1) is 12.4 Å². The number of ketones is 1. The molecular weight excluding hydrogens is 222 g/mol. The number of halogens is 1. The molecule has 0 saturated heterocycles. The Kier molecular flexibility index (Phi) is 5.99. The van der Waals surface area contributed by atoms with Crippen molar-refractivity contribution in [3.63, 3.8) is 0 Å². The van der Waals surface area contributed by atoms with Crippen molar-refractivity contribution in [2.75, 3.05) is 20.6 Å². The summed E-state index contributed by atoms with van der Waals surface area (Å²) < 4.78 is 0. The SMILES string of the molecule is CN(C)CC1CC(C(C)(C)C)CCC1=O.Cl. The minimum absolute atomic E-state index is 0. The highest BCUT2D eigenvalue weighted by Crippen LogP contribution is 2.38. The number of rotatable bonds is 2. The van der Waals surface area contributed by atoms with E-state index in [9.17, 15) is 4.79 Å². The predicted octanol–water partition coefficient (Wildman–Crippen LogP) is 3.00. The van der Waals surface area contributed by atoms with Gasteiger partial charge in [0.2, 0.25) is 0 Å². The molecule has 2 unspecified atom stereocenters. The topological polar surface area (TPSA) is 20.3 Å². The van der Waals surface area contributed by atoms with Gasteiger partial charge in [0.1, 0.15) is 5.78 Å². The molecule has 1 fully saturated rings. The Labute approximate surface area is 106 Å². The van der Waals surface area contributed by atoms with Crippen molar-refractivity contribution in [1.82, 2.24) is 4.90 Å². The molecule has 0 aromatic carbocycles. The first-order valence-electron chi connectivity index (χ1n) is 5.98. The van der Waals surface area contributed by atoms with Crippen LogP contribution in [0.15, 0.2) is 0 Å². The smallest absolute Gasteiger partial charge is 0.137 e. The standard InChI is InChI=1S/C13H25NO.ClH/c1-13(2,3)11-6-7-12(15)10(8-11)9-14(4)5;/h10-11H,6-9H2,1-5H3;1H. The highest BCUT2D eigenvalue weighted by molar-refractivity contribution is 5.85. The first-order chi connectivity index (χ1) is 6.80. The molecule has 2 nitrogen and oxygen atoms in total. The van der Waals surface area contributed by atoms with E-state index in [0.29, 0.717) is 17.1 Å². The summed E-state index contributed by atoms with van der Waals surface area (Å²) in [6.45, 7) is 7.80. The molecule has 0 N–H and O–H groups in total. The molecule has 0 bridgehead atoms. The van der Waals surface area contributed by atoms with Gasteiger partial charge in [-0.2, -0.15) is 0 Å². The molecular formula is C13H26ClNO. The summed E-state index contributed by atoms with van der Waals surface area (Å²) in [6.07, 6.45) is 2.97. The van der Waals surface area contributed by atoms with Crippen molar-refractivity contribution in [2.24, 2.45) is 17.3 Å². The minimum Gasteiger partial charge on any atom is -0.309 e. The van der Waals surface area contributed by atoms with Crippen LogP contribution in [0.25, 0.3) is 0 Å². The number of carbonyl (C=O) groups is 1. The number of nitrogens with zero attached hydrogens (tertiary/aromatic N) is 1. The van der Waals surface area contributed by atoms with Crippen LogP contribution in [0.1, 0.15) is 40.0 Å². The second kappa shape index (κ2) is 6.02. The zero-order valence-electron chi connectivity index (χ0n) is 11.2. The second-order valence-electron chi connectivity index (χ2n) is 6.26. The van der Waals surface area contributed by atoms with Gasteiger partial charge in [0.15, 0.2) is 0 Å². The fourth-order valence-electron chi connectivity index (χ4n) is 2.52. The molecule has 0 heterocycles. The maximum Gasteiger partial charge on any atom is 0.137 e. The number of Topliss-reactive ketones (excluding diaryl/α,β-unsaturated/α-hetero) is 1. The molecule has 0 aliphatic heterocycles. The number of hydrogen-bond acceptors (Lipinski definition) is 2. The van der Waals surface area contributed by atoms with Crippen molar-refractivity contribution in [3.8, 4) is 0 Å². The first kappa shape index (κ1) is 15.9. The van der Waals surface area contributed by atoms with Gasteiger partial charge in [0.05, 0.1) is 0 Å². The lowest BCUT2D eigenvalue weighted by Gasteiger charge is -2.37. The van der Waals surface area contributed by atoms with Crippen molar-refractivity contribution < 1.29 is 4.79 Å². The molecule has 1 rings (SSSR count). The molecule has 1 saturated carbocycles. The molecule has 1 aliphatic carbocycles. The van der Waals surface area contributed by atoms with E-state index in [-0.39, 0.29) is 18.3 Å². The number of carbonyl (C=O) groups excluding carboxylic acids is 1. The normalized spacial score (nSPS) is 26.8. The maximum absolute atomic E-state index is 11.8. The molecule has 0 spiro atoms. The third-order valence-electron chi connectivity index (χ3n) is 3.57. The Balaban J connectivity index is 0.00000225.